The van der Waals surface area contributed by atoms with Gasteiger partial charge in [-0.2, -0.15) is 0 Å². The van der Waals surface area contributed by atoms with Crippen molar-refractivity contribution in [2.75, 3.05) is 0 Å². The molecule has 0 amide bonds. The molecule has 2 fully saturated rings. The summed E-state index contributed by atoms with van der Waals surface area (Å²) >= 11 is 3.59. The van der Waals surface area contributed by atoms with Crippen molar-refractivity contribution in [1.29, 1.82) is 0 Å². The lowest BCUT2D eigenvalue weighted by molar-refractivity contribution is 0.334. The molecule has 20 heavy (non-hydrogen) atoms. The van der Waals surface area contributed by atoms with Crippen LogP contribution >= 0.6 is 15.9 Å². The molecule has 1 aliphatic heterocycles. The van der Waals surface area contributed by atoms with Crippen LogP contribution in [0.3, 0.4) is 0 Å². The lowest BCUT2D eigenvalue weighted by Crippen LogP contribution is -2.38. The maximum absolute atomic E-state index is 12.9. The van der Waals surface area contributed by atoms with Gasteiger partial charge >= 0.3 is 0 Å². The number of halogens is 2. The van der Waals surface area contributed by atoms with Crippen molar-refractivity contribution in [2.45, 2.75) is 40.4 Å². The standard InChI is InChI=1S/C13H16BrFN2O2S/c14-8-1-6-11-12(7-8)16-17-13(11)20(18,19)10-4-2-9(15)3-5-10/h2-5,8,11-13,16-17H,1,6-7H2. The lowest BCUT2D eigenvalue weighted by atomic mass is 9.86. The molecule has 2 aliphatic rings. The minimum absolute atomic E-state index is 0.0545. The largest absolute Gasteiger partial charge is 0.253 e. The Morgan fingerprint density at radius 1 is 1.15 bits per heavy atom. The van der Waals surface area contributed by atoms with Gasteiger partial charge in [0.15, 0.2) is 9.84 Å². The predicted molar refractivity (Wildman–Crippen MR) is 77.5 cm³/mol. The van der Waals surface area contributed by atoms with Crippen molar-refractivity contribution >= 4 is 25.8 Å². The van der Waals surface area contributed by atoms with E-state index in [0.29, 0.717) is 4.83 Å². The lowest BCUT2D eigenvalue weighted by Gasteiger charge is -2.29. The van der Waals surface area contributed by atoms with Gasteiger partial charge in [0.25, 0.3) is 0 Å². The molecule has 1 saturated heterocycles. The Morgan fingerprint density at radius 2 is 1.85 bits per heavy atom. The minimum atomic E-state index is -3.50. The third kappa shape index (κ3) is 2.52. The Morgan fingerprint density at radius 3 is 2.55 bits per heavy atom. The van der Waals surface area contributed by atoms with Gasteiger partial charge in [-0.05, 0) is 43.5 Å². The van der Waals surface area contributed by atoms with E-state index in [0.717, 1.165) is 19.3 Å². The molecular formula is C13H16BrFN2O2S. The Labute approximate surface area is 126 Å². The molecule has 4 unspecified atom stereocenters. The van der Waals surface area contributed by atoms with E-state index in [1.165, 1.54) is 24.3 Å². The average molecular weight is 363 g/mol. The molecule has 0 spiro atoms. The quantitative estimate of drug-likeness (QED) is 0.623. The van der Waals surface area contributed by atoms with E-state index in [2.05, 4.69) is 26.8 Å². The SMILES string of the molecule is O=S(=O)(c1ccc(F)cc1)C1NNC2CC(Br)CCC21. The van der Waals surface area contributed by atoms with Crippen LogP contribution < -0.4 is 10.9 Å². The van der Waals surface area contributed by atoms with Crippen LogP contribution in [0.4, 0.5) is 4.39 Å². The second-order valence-electron chi connectivity index (χ2n) is 5.39. The first-order chi connectivity index (χ1) is 9.48. The molecule has 1 aromatic carbocycles. The van der Waals surface area contributed by atoms with Crippen LogP contribution in [0, 0.1) is 11.7 Å². The highest BCUT2D eigenvalue weighted by molar-refractivity contribution is 9.09. The number of alkyl halides is 1. The molecule has 110 valence electrons. The van der Waals surface area contributed by atoms with Gasteiger partial charge in [-0.25, -0.2) is 18.2 Å². The van der Waals surface area contributed by atoms with E-state index in [4.69, 9.17) is 0 Å². The van der Waals surface area contributed by atoms with Gasteiger partial charge in [-0.1, -0.05) is 15.9 Å². The van der Waals surface area contributed by atoms with Crippen molar-refractivity contribution in [3.8, 4) is 0 Å². The molecule has 7 heteroatoms. The van der Waals surface area contributed by atoms with Gasteiger partial charge < -0.3 is 0 Å². The predicted octanol–water partition coefficient (Wildman–Crippen LogP) is 1.97. The van der Waals surface area contributed by atoms with Crippen LogP contribution in [0.5, 0.6) is 0 Å². The Hall–Kier alpha value is -0.500. The molecule has 0 radical (unpaired) electrons. The Balaban J connectivity index is 1.87. The summed E-state index contributed by atoms with van der Waals surface area (Å²) < 4.78 is 38.2. The van der Waals surface area contributed by atoms with E-state index < -0.39 is 21.0 Å². The smallest absolute Gasteiger partial charge is 0.195 e. The Bertz CT molecular complexity index is 593. The third-order valence-corrected chi connectivity index (χ3v) is 7.01. The minimum Gasteiger partial charge on any atom is -0.253 e. The van der Waals surface area contributed by atoms with Crippen LogP contribution in [0.1, 0.15) is 19.3 Å². The number of nitrogens with one attached hydrogen (secondary N) is 2. The number of hydrogen-bond acceptors (Lipinski definition) is 4. The maximum atomic E-state index is 12.9. The fourth-order valence-corrected chi connectivity index (χ4v) is 5.53. The fourth-order valence-electron chi connectivity index (χ4n) is 3.05. The van der Waals surface area contributed by atoms with Crippen LogP contribution in [0.15, 0.2) is 29.2 Å². The van der Waals surface area contributed by atoms with Gasteiger partial charge in [-0.15, -0.1) is 0 Å². The summed E-state index contributed by atoms with van der Waals surface area (Å²) in [5.41, 5.74) is 6.01. The molecule has 0 aromatic heterocycles. The van der Waals surface area contributed by atoms with E-state index in [9.17, 15) is 12.8 Å². The fraction of sp³-hybridized carbons (Fsp3) is 0.538. The summed E-state index contributed by atoms with van der Waals surface area (Å²) in [5.74, 6) is -0.377. The highest BCUT2D eigenvalue weighted by Crippen LogP contribution is 2.36. The topological polar surface area (TPSA) is 58.2 Å². The third-order valence-electron chi connectivity index (χ3n) is 4.12. The number of fused-ring (bicyclic) bond motifs is 1. The molecule has 0 bridgehead atoms. The zero-order valence-electron chi connectivity index (χ0n) is 10.7. The summed E-state index contributed by atoms with van der Waals surface area (Å²) in [5, 5.41) is -0.641. The van der Waals surface area contributed by atoms with Gasteiger partial charge in [0, 0.05) is 16.8 Å². The Kier molecular flexibility index (Phi) is 3.87. The summed E-state index contributed by atoms with van der Waals surface area (Å²) in [7, 11) is -3.50. The number of sulfone groups is 1. The summed E-state index contributed by atoms with van der Waals surface area (Å²) in [6.45, 7) is 0. The van der Waals surface area contributed by atoms with Crippen LogP contribution in [0.25, 0.3) is 0 Å². The molecule has 4 atom stereocenters. The van der Waals surface area contributed by atoms with E-state index in [-0.39, 0.29) is 16.9 Å². The molecule has 2 N–H and O–H groups in total. The second kappa shape index (κ2) is 5.36. The van der Waals surface area contributed by atoms with E-state index in [1.807, 2.05) is 0 Å². The van der Waals surface area contributed by atoms with Crippen molar-refractivity contribution in [2.24, 2.45) is 5.92 Å². The molecule has 1 saturated carbocycles. The first-order valence-electron chi connectivity index (χ1n) is 6.63. The highest BCUT2D eigenvalue weighted by Gasteiger charge is 2.46. The maximum Gasteiger partial charge on any atom is 0.195 e. The monoisotopic (exact) mass is 362 g/mol. The van der Waals surface area contributed by atoms with Crippen LogP contribution in [0.2, 0.25) is 0 Å². The van der Waals surface area contributed by atoms with Gasteiger partial charge in [0.2, 0.25) is 0 Å². The van der Waals surface area contributed by atoms with Crippen molar-refractivity contribution in [3.05, 3.63) is 30.1 Å². The van der Waals surface area contributed by atoms with Gasteiger partial charge in [0.1, 0.15) is 11.2 Å². The zero-order valence-corrected chi connectivity index (χ0v) is 13.1. The number of hydrazine groups is 1. The molecule has 1 aromatic rings. The van der Waals surface area contributed by atoms with Crippen molar-refractivity contribution in [3.63, 3.8) is 0 Å². The van der Waals surface area contributed by atoms with Crippen LogP contribution in [-0.4, -0.2) is 24.7 Å². The van der Waals surface area contributed by atoms with E-state index >= 15 is 0 Å². The molecule has 4 nitrogen and oxygen atoms in total. The molecule has 1 aliphatic carbocycles. The van der Waals surface area contributed by atoms with E-state index in [1.54, 1.807) is 0 Å². The number of benzene rings is 1. The average Bonchev–Trinajstić information content (AvgIpc) is 2.82. The normalized spacial score (nSPS) is 33.9. The zero-order chi connectivity index (χ0) is 14.3. The number of hydrogen-bond donors (Lipinski definition) is 2. The first kappa shape index (κ1) is 14.4. The van der Waals surface area contributed by atoms with Gasteiger partial charge in [-0.3, -0.25) is 5.43 Å². The first-order valence-corrected chi connectivity index (χ1v) is 9.09. The molecule has 1 heterocycles. The number of rotatable bonds is 2. The van der Waals surface area contributed by atoms with Crippen molar-refractivity contribution in [1.82, 2.24) is 10.9 Å². The molecular weight excluding hydrogens is 347 g/mol. The van der Waals surface area contributed by atoms with Gasteiger partial charge in [0.05, 0.1) is 4.90 Å². The summed E-state index contributed by atoms with van der Waals surface area (Å²) in [6.07, 6.45) is 2.73. The van der Waals surface area contributed by atoms with Crippen LogP contribution in [-0.2, 0) is 9.84 Å². The highest BCUT2D eigenvalue weighted by atomic mass is 79.9. The summed E-state index contributed by atoms with van der Waals surface area (Å²) in [6, 6.07) is 5.18. The summed E-state index contributed by atoms with van der Waals surface area (Å²) in [4.78, 5) is 0.602. The van der Waals surface area contributed by atoms with Crippen molar-refractivity contribution < 1.29 is 12.8 Å². The second-order valence-corrected chi connectivity index (χ2v) is 8.75. The molecule has 3 rings (SSSR count).